The zero-order chi connectivity index (χ0) is 24.2. The maximum Gasteiger partial charge on any atom is 0.225 e. The quantitative estimate of drug-likeness (QED) is 0.618. The smallest absolute Gasteiger partial charge is 0.225 e. The summed E-state index contributed by atoms with van der Waals surface area (Å²) in [5, 5.41) is 2.97. The van der Waals surface area contributed by atoms with E-state index in [1.807, 2.05) is 24.3 Å². The molecule has 1 amide bonds. The molecule has 0 spiro atoms. The highest BCUT2D eigenvalue weighted by Gasteiger charge is 2.39. The minimum atomic E-state index is -0.406. The highest BCUT2D eigenvalue weighted by Crippen LogP contribution is 2.47. The molecular formula is C27H31NO6. The van der Waals surface area contributed by atoms with E-state index in [0.29, 0.717) is 48.0 Å². The third-order valence-electron chi connectivity index (χ3n) is 6.47. The predicted molar refractivity (Wildman–Crippen MR) is 128 cm³/mol. The second kappa shape index (κ2) is 10.2. The Morgan fingerprint density at radius 2 is 1.56 bits per heavy atom. The van der Waals surface area contributed by atoms with Crippen molar-refractivity contribution in [2.24, 2.45) is 0 Å². The summed E-state index contributed by atoms with van der Waals surface area (Å²) in [6.45, 7) is 2.74. The molecule has 4 rings (SSSR count). The number of ether oxygens (including phenoxy) is 4. The third-order valence-corrected chi connectivity index (χ3v) is 6.47. The average molecular weight is 466 g/mol. The zero-order valence-electron chi connectivity index (χ0n) is 20.1. The fourth-order valence-corrected chi connectivity index (χ4v) is 4.84. The van der Waals surface area contributed by atoms with Crippen molar-refractivity contribution >= 4 is 11.7 Å². The molecule has 1 N–H and O–H groups in total. The lowest BCUT2D eigenvalue weighted by Gasteiger charge is -2.35. The Kier molecular flexibility index (Phi) is 7.10. The van der Waals surface area contributed by atoms with Crippen molar-refractivity contribution in [3.8, 4) is 23.0 Å². The highest BCUT2D eigenvalue weighted by molar-refractivity contribution is 6.02. The molecule has 0 saturated carbocycles. The molecule has 7 nitrogen and oxygen atoms in total. The van der Waals surface area contributed by atoms with Crippen LogP contribution >= 0.6 is 0 Å². The molecule has 0 fully saturated rings. The molecule has 2 atom stereocenters. The number of hydrogen-bond acceptors (Lipinski definition) is 6. The lowest BCUT2D eigenvalue weighted by Crippen LogP contribution is -2.38. The fourth-order valence-electron chi connectivity index (χ4n) is 4.84. The van der Waals surface area contributed by atoms with E-state index in [0.717, 1.165) is 23.3 Å². The first kappa shape index (κ1) is 23.7. The summed E-state index contributed by atoms with van der Waals surface area (Å²) in [7, 11) is 4.68. The van der Waals surface area contributed by atoms with Crippen molar-refractivity contribution in [1.29, 1.82) is 0 Å². The summed E-state index contributed by atoms with van der Waals surface area (Å²) < 4.78 is 22.1. The lowest BCUT2D eigenvalue weighted by molar-refractivity contribution is -0.122. The minimum absolute atomic E-state index is 0.00201. The highest BCUT2D eigenvalue weighted by atomic mass is 16.5. The molecule has 1 aliphatic carbocycles. The van der Waals surface area contributed by atoms with Crippen LogP contribution in [0.1, 0.15) is 55.6 Å². The van der Waals surface area contributed by atoms with E-state index in [2.05, 4.69) is 12.2 Å². The van der Waals surface area contributed by atoms with Crippen LogP contribution < -0.4 is 24.3 Å². The monoisotopic (exact) mass is 465 g/mol. The van der Waals surface area contributed by atoms with Gasteiger partial charge in [-0.05, 0) is 42.5 Å². The van der Waals surface area contributed by atoms with E-state index in [1.54, 1.807) is 33.5 Å². The predicted octanol–water partition coefficient (Wildman–Crippen LogP) is 4.51. The SMILES string of the molecule is CCCOc1ccc(C2CC(=O)C3=C(C2)NC(=O)CC3c2cc(OC)c(OC)cc2OC)cc1. The van der Waals surface area contributed by atoms with Gasteiger partial charge in [-0.25, -0.2) is 0 Å². The Hall–Kier alpha value is -3.48. The number of allylic oxidation sites excluding steroid dienone is 2. The van der Waals surface area contributed by atoms with Crippen molar-refractivity contribution in [1.82, 2.24) is 5.32 Å². The van der Waals surface area contributed by atoms with Gasteiger partial charge in [0.15, 0.2) is 17.3 Å². The van der Waals surface area contributed by atoms with Gasteiger partial charge in [-0.1, -0.05) is 19.1 Å². The Bertz CT molecular complexity index is 1100. The number of Topliss-reactive ketones (excluding diaryl/α,β-unsaturated/α-hetero) is 1. The van der Waals surface area contributed by atoms with Crippen LogP contribution in [0, 0.1) is 0 Å². The lowest BCUT2D eigenvalue weighted by atomic mass is 9.73. The molecule has 2 aromatic rings. The summed E-state index contributed by atoms with van der Waals surface area (Å²) in [5.74, 6) is 1.95. The Labute approximate surface area is 200 Å². The molecule has 2 unspecified atom stereocenters. The van der Waals surface area contributed by atoms with Crippen LogP contribution in [-0.2, 0) is 9.59 Å². The Morgan fingerprint density at radius 3 is 2.21 bits per heavy atom. The molecule has 0 bridgehead atoms. The summed E-state index contributed by atoms with van der Waals surface area (Å²) >= 11 is 0. The first-order valence-corrected chi connectivity index (χ1v) is 11.6. The zero-order valence-corrected chi connectivity index (χ0v) is 20.1. The summed E-state index contributed by atoms with van der Waals surface area (Å²) in [4.78, 5) is 26.2. The van der Waals surface area contributed by atoms with E-state index < -0.39 is 5.92 Å². The first-order chi connectivity index (χ1) is 16.5. The molecule has 34 heavy (non-hydrogen) atoms. The molecule has 0 aromatic heterocycles. The Balaban J connectivity index is 1.68. The number of benzene rings is 2. The van der Waals surface area contributed by atoms with Crippen LogP contribution in [0.3, 0.4) is 0 Å². The van der Waals surface area contributed by atoms with Gasteiger partial charge in [0, 0.05) is 41.7 Å². The van der Waals surface area contributed by atoms with Crippen molar-refractivity contribution in [2.45, 2.75) is 44.4 Å². The van der Waals surface area contributed by atoms with Gasteiger partial charge in [0.05, 0.1) is 27.9 Å². The standard InChI is InChI=1S/C27H31NO6/c1-5-10-34-18-8-6-16(7-9-18)17-11-21-27(22(29)12-17)20(14-26(30)28-21)19-13-24(32-3)25(33-4)15-23(19)31-2/h6-9,13,15,17,20H,5,10-12,14H2,1-4H3,(H,28,30). The van der Waals surface area contributed by atoms with E-state index in [1.165, 1.54) is 0 Å². The van der Waals surface area contributed by atoms with Gasteiger partial charge in [-0.2, -0.15) is 0 Å². The maximum absolute atomic E-state index is 13.5. The van der Waals surface area contributed by atoms with Crippen molar-refractivity contribution in [3.63, 3.8) is 0 Å². The van der Waals surface area contributed by atoms with Crippen molar-refractivity contribution in [2.75, 3.05) is 27.9 Å². The van der Waals surface area contributed by atoms with Gasteiger partial charge >= 0.3 is 0 Å². The molecular weight excluding hydrogens is 434 g/mol. The van der Waals surface area contributed by atoms with Crippen LogP contribution in [0.2, 0.25) is 0 Å². The number of carbonyl (C=O) groups is 2. The van der Waals surface area contributed by atoms with Gasteiger partial charge in [-0.3, -0.25) is 9.59 Å². The van der Waals surface area contributed by atoms with Crippen LogP contribution in [0.4, 0.5) is 0 Å². The molecule has 2 aliphatic rings. The van der Waals surface area contributed by atoms with Crippen LogP contribution in [-0.4, -0.2) is 39.6 Å². The Morgan fingerprint density at radius 1 is 0.882 bits per heavy atom. The number of methoxy groups -OCH3 is 3. The van der Waals surface area contributed by atoms with Crippen molar-refractivity contribution in [3.05, 3.63) is 58.8 Å². The maximum atomic E-state index is 13.5. The largest absolute Gasteiger partial charge is 0.496 e. The summed E-state index contributed by atoms with van der Waals surface area (Å²) in [5.41, 5.74) is 3.16. The van der Waals surface area contributed by atoms with E-state index >= 15 is 0 Å². The van der Waals surface area contributed by atoms with E-state index in [4.69, 9.17) is 18.9 Å². The summed E-state index contributed by atoms with van der Waals surface area (Å²) in [6.07, 6.45) is 2.09. The number of nitrogens with one attached hydrogen (secondary N) is 1. The molecule has 1 heterocycles. The summed E-state index contributed by atoms with van der Waals surface area (Å²) in [6, 6.07) is 11.4. The minimum Gasteiger partial charge on any atom is -0.496 e. The van der Waals surface area contributed by atoms with Gasteiger partial charge in [0.1, 0.15) is 11.5 Å². The van der Waals surface area contributed by atoms with E-state index in [-0.39, 0.29) is 24.0 Å². The molecule has 1 aliphatic heterocycles. The molecule has 2 aromatic carbocycles. The van der Waals surface area contributed by atoms with Crippen LogP contribution in [0.25, 0.3) is 0 Å². The van der Waals surface area contributed by atoms with Crippen LogP contribution in [0.5, 0.6) is 23.0 Å². The molecule has 180 valence electrons. The first-order valence-electron chi connectivity index (χ1n) is 11.6. The topological polar surface area (TPSA) is 83.1 Å². The fraction of sp³-hybridized carbons (Fsp3) is 0.407. The number of hydrogen-bond donors (Lipinski definition) is 1. The van der Waals surface area contributed by atoms with Gasteiger partial charge in [0.25, 0.3) is 0 Å². The molecule has 0 saturated heterocycles. The average Bonchev–Trinajstić information content (AvgIpc) is 2.86. The second-order valence-corrected chi connectivity index (χ2v) is 8.59. The second-order valence-electron chi connectivity index (χ2n) is 8.59. The molecule has 0 radical (unpaired) electrons. The van der Waals surface area contributed by atoms with E-state index in [9.17, 15) is 9.59 Å². The number of carbonyl (C=O) groups excluding carboxylic acids is 2. The van der Waals surface area contributed by atoms with Gasteiger partial charge < -0.3 is 24.3 Å². The third kappa shape index (κ3) is 4.60. The number of amides is 1. The molecule has 7 heteroatoms. The van der Waals surface area contributed by atoms with Gasteiger partial charge in [0.2, 0.25) is 5.91 Å². The number of ketones is 1. The normalized spacial score (nSPS) is 19.9. The van der Waals surface area contributed by atoms with Crippen molar-refractivity contribution < 1.29 is 28.5 Å². The number of rotatable bonds is 8. The van der Waals surface area contributed by atoms with Gasteiger partial charge in [-0.15, -0.1) is 0 Å². The van der Waals surface area contributed by atoms with Crippen LogP contribution in [0.15, 0.2) is 47.7 Å².